The van der Waals surface area contributed by atoms with Gasteiger partial charge < -0.3 is 5.11 Å². The third kappa shape index (κ3) is 2.39. The summed E-state index contributed by atoms with van der Waals surface area (Å²) in [4.78, 5) is 0. The number of rotatable bonds is 4. The van der Waals surface area contributed by atoms with Crippen LogP contribution in [0.5, 0.6) is 0 Å². The molecule has 2 aromatic rings. The lowest BCUT2D eigenvalue weighted by molar-refractivity contribution is 0.172. The lowest BCUT2D eigenvalue weighted by atomic mass is 10.2. The Hall–Kier alpha value is -1.64. The zero-order valence-corrected chi connectivity index (χ0v) is 13.4. The first-order chi connectivity index (χ1) is 10.3. The van der Waals surface area contributed by atoms with Crippen molar-refractivity contribution in [3.63, 3.8) is 0 Å². The van der Waals surface area contributed by atoms with Crippen LogP contribution in [-0.4, -0.2) is 19.3 Å². The Morgan fingerprint density at radius 3 is 2.00 bits per heavy atom. The van der Waals surface area contributed by atoms with Crippen LogP contribution < -0.4 is 10.4 Å². The second kappa shape index (κ2) is 6.00. The van der Waals surface area contributed by atoms with E-state index in [4.69, 9.17) is 0 Å². The number of aliphatic hydroxyl groups excluding tert-OH is 1. The second-order valence-electron chi connectivity index (χ2n) is 5.84. The molecule has 2 aromatic carbocycles. The van der Waals surface area contributed by atoms with Gasteiger partial charge in [-0.3, -0.25) is 0 Å². The molecule has 0 amide bonds. The fourth-order valence-corrected chi connectivity index (χ4v) is 8.96. The molecule has 0 aliphatic carbocycles. The van der Waals surface area contributed by atoms with Crippen LogP contribution in [0.2, 0.25) is 11.6 Å². The molecule has 1 heterocycles. The van der Waals surface area contributed by atoms with E-state index in [9.17, 15) is 5.11 Å². The molecule has 0 fully saturated rings. The van der Waals surface area contributed by atoms with E-state index >= 15 is 0 Å². The zero-order valence-electron chi connectivity index (χ0n) is 12.4. The van der Waals surface area contributed by atoms with Crippen molar-refractivity contribution in [3.05, 3.63) is 72.8 Å². The predicted molar refractivity (Wildman–Crippen MR) is 91.9 cm³/mol. The van der Waals surface area contributed by atoms with Gasteiger partial charge in [0, 0.05) is 5.54 Å². The highest BCUT2D eigenvalue weighted by molar-refractivity contribution is 7.04. The molecule has 108 valence electrons. The lowest BCUT2D eigenvalue weighted by Crippen LogP contribution is -2.61. The Kier molecular flexibility index (Phi) is 4.09. The Bertz CT molecular complexity index is 566. The smallest absolute Gasteiger partial charge is 0.130 e. The molecule has 0 spiro atoms. The summed E-state index contributed by atoms with van der Waals surface area (Å²) in [5.74, 6) is 0. The normalized spacial score (nSPS) is 21.3. The molecule has 2 heteroatoms. The number of hydrogen-bond donors (Lipinski definition) is 1. The highest BCUT2D eigenvalue weighted by Crippen LogP contribution is 2.37. The molecule has 0 aromatic heterocycles. The summed E-state index contributed by atoms with van der Waals surface area (Å²) in [7, 11) is -1.96. The monoisotopic (exact) mass is 294 g/mol. The molecular formula is C19H22OSi. The summed E-state index contributed by atoms with van der Waals surface area (Å²) in [5, 5.41) is 13.5. The minimum atomic E-state index is -1.96. The van der Waals surface area contributed by atoms with Crippen LogP contribution in [-0.2, 0) is 0 Å². The molecule has 1 aliphatic rings. The van der Waals surface area contributed by atoms with Gasteiger partial charge in [-0.1, -0.05) is 90.1 Å². The van der Waals surface area contributed by atoms with Crippen molar-refractivity contribution in [2.24, 2.45) is 0 Å². The highest BCUT2D eigenvalue weighted by Gasteiger charge is 2.47. The van der Waals surface area contributed by atoms with Gasteiger partial charge in [-0.25, -0.2) is 0 Å². The Morgan fingerprint density at radius 1 is 1.00 bits per heavy atom. The van der Waals surface area contributed by atoms with Gasteiger partial charge in [0.2, 0.25) is 0 Å². The van der Waals surface area contributed by atoms with E-state index in [0.29, 0.717) is 0 Å². The quantitative estimate of drug-likeness (QED) is 0.679. The van der Waals surface area contributed by atoms with Crippen LogP contribution in [0.15, 0.2) is 72.8 Å². The minimum absolute atomic E-state index is 0.254. The molecule has 0 saturated carbocycles. The summed E-state index contributed by atoms with van der Waals surface area (Å²) < 4.78 is 0. The van der Waals surface area contributed by atoms with Gasteiger partial charge in [0.05, 0.1) is 6.10 Å². The van der Waals surface area contributed by atoms with E-state index in [1.165, 1.54) is 10.4 Å². The van der Waals surface area contributed by atoms with Crippen LogP contribution in [0, 0.1) is 0 Å². The fourth-order valence-electron chi connectivity index (χ4n) is 3.67. The number of allylic oxidation sites excluding steroid dienone is 1. The maximum absolute atomic E-state index is 10.6. The molecule has 3 rings (SSSR count). The van der Waals surface area contributed by atoms with E-state index in [0.717, 1.165) is 12.5 Å². The van der Waals surface area contributed by atoms with Gasteiger partial charge in [0.15, 0.2) is 0 Å². The standard InChI is InChI=1S/C19H22OSi/c1-2-18(20)19-14-9-15-21(19,16-10-5-3-6-11-16)17-12-7-4-8-13-17/h3-14,18-20H,2,15H2,1H3/t18-,19+/m1/s1. The first-order valence-electron chi connectivity index (χ1n) is 7.75. The summed E-state index contributed by atoms with van der Waals surface area (Å²) in [6, 6.07) is 22.7. The third-order valence-corrected chi connectivity index (χ3v) is 10.1. The molecule has 0 bridgehead atoms. The minimum Gasteiger partial charge on any atom is -0.393 e. The zero-order chi connectivity index (χ0) is 14.7. The summed E-state index contributed by atoms with van der Waals surface area (Å²) >= 11 is 0. The summed E-state index contributed by atoms with van der Waals surface area (Å²) in [5.41, 5.74) is 0.271. The van der Waals surface area contributed by atoms with Crippen molar-refractivity contribution in [2.45, 2.75) is 31.0 Å². The van der Waals surface area contributed by atoms with Crippen molar-refractivity contribution in [1.82, 2.24) is 0 Å². The molecule has 1 nitrogen and oxygen atoms in total. The molecule has 0 saturated heterocycles. The van der Waals surface area contributed by atoms with E-state index in [2.05, 4.69) is 79.7 Å². The molecular weight excluding hydrogens is 272 g/mol. The number of benzene rings is 2. The van der Waals surface area contributed by atoms with Crippen LogP contribution in [0.4, 0.5) is 0 Å². The Balaban J connectivity index is 2.17. The second-order valence-corrected chi connectivity index (χ2v) is 10.0. The van der Waals surface area contributed by atoms with Gasteiger partial charge in [0.1, 0.15) is 8.07 Å². The van der Waals surface area contributed by atoms with E-state index < -0.39 is 8.07 Å². The Morgan fingerprint density at radius 2 is 1.52 bits per heavy atom. The van der Waals surface area contributed by atoms with Gasteiger partial charge >= 0.3 is 0 Å². The van der Waals surface area contributed by atoms with Crippen LogP contribution in [0.25, 0.3) is 0 Å². The van der Waals surface area contributed by atoms with Crippen molar-refractivity contribution < 1.29 is 5.11 Å². The number of aliphatic hydroxyl groups is 1. The maximum Gasteiger partial charge on any atom is 0.130 e. The van der Waals surface area contributed by atoms with E-state index in [-0.39, 0.29) is 11.6 Å². The van der Waals surface area contributed by atoms with Crippen LogP contribution in [0.3, 0.4) is 0 Å². The molecule has 1 aliphatic heterocycles. The third-order valence-electron chi connectivity index (χ3n) is 4.76. The topological polar surface area (TPSA) is 20.2 Å². The summed E-state index contributed by atoms with van der Waals surface area (Å²) in [6.07, 6.45) is 5.11. The molecule has 2 atom stereocenters. The van der Waals surface area contributed by atoms with Crippen molar-refractivity contribution in [3.8, 4) is 0 Å². The van der Waals surface area contributed by atoms with Gasteiger partial charge in [-0.2, -0.15) is 0 Å². The average molecular weight is 294 g/mol. The van der Waals surface area contributed by atoms with Gasteiger partial charge in [-0.05, 0) is 12.5 Å². The maximum atomic E-state index is 10.6. The molecule has 0 radical (unpaired) electrons. The largest absolute Gasteiger partial charge is 0.393 e. The highest BCUT2D eigenvalue weighted by atomic mass is 28.3. The predicted octanol–water partition coefficient (Wildman–Crippen LogP) is 2.96. The van der Waals surface area contributed by atoms with Crippen molar-refractivity contribution in [2.75, 3.05) is 0 Å². The molecule has 0 unspecified atom stereocenters. The van der Waals surface area contributed by atoms with Gasteiger partial charge in [0.25, 0.3) is 0 Å². The van der Waals surface area contributed by atoms with Crippen molar-refractivity contribution in [1.29, 1.82) is 0 Å². The molecule has 1 N–H and O–H groups in total. The van der Waals surface area contributed by atoms with Gasteiger partial charge in [-0.15, -0.1) is 0 Å². The lowest BCUT2D eigenvalue weighted by Gasteiger charge is -2.37. The summed E-state index contributed by atoms with van der Waals surface area (Å²) in [6.45, 7) is 2.08. The first-order valence-corrected chi connectivity index (χ1v) is 10.0. The van der Waals surface area contributed by atoms with E-state index in [1.54, 1.807) is 0 Å². The average Bonchev–Trinajstić information content (AvgIpc) is 3.02. The van der Waals surface area contributed by atoms with Crippen LogP contribution in [0.1, 0.15) is 13.3 Å². The first kappa shape index (κ1) is 14.3. The van der Waals surface area contributed by atoms with Crippen molar-refractivity contribution >= 4 is 18.4 Å². The number of hydrogen-bond acceptors (Lipinski definition) is 1. The van der Waals surface area contributed by atoms with E-state index in [1.807, 2.05) is 0 Å². The fraction of sp³-hybridized carbons (Fsp3) is 0.263. The van der Waals surface area contributed by atoms with Crippen LogP contribution >= 0.6 is 0 Å². The SMILES string of the molecule is CC[C@@H](O)[C@@H]1C=CC[Si]1(c1ccccc1)c1ccccc1. The molecule has 21 heavy (non-hydrogen) atoms. The Labute approximate surface area is 128 Å².